The van der Waals surface area contributed by atoms with Crippen molar-refractivity contribution in [2.24, 2.45) is 0 Å². The van der Waals surface area contributed by atoms with Crippen LogP contribution >= 0.6 is 0 Å². The summed E-state index contributed by atoms with van der Waals surface area (Å²) in [6.07, 6.45) is 3.08. The van der Waals surface area contributed by atoms with E-state index in [1.807, 2.05) is 0 Å². The van der Waals surface area contributed by atoms with Gasteiger partial charge < -0.3 is 9.84 Å². The molecule has 2 unspecified atom stereocenters. The standard InChI is InChI=1S/C6H10O2/c7-6-2-1-3-8-5(6)4-6/h5,7H,1-4H2. The summed E-state index contributed by atoms with van der Waals surface area (Å²) in [7, 11) is 0. The summed E-state index contributed by atoms with van der Waals surface area (Å²) in [5, 5.41) is 9.32. The molecule has 8 heavy (non-hydrogen) atoms. The van der Waals surface area contributed by atoms with Gasteiger partial charge in [-0.25, -0.2) is 0 Å². The van der Waals surface area contributed by atoms with Gasteiger partial charge in [-0.05, 0) is 12.8 Å². The summed E-state index contributed by atoms with van der Waals surface area (Å²) < 4.78 is 5.20. The Morgan fingerprint density at radius 3 is 3.00 bits per heavy atom. The number of hydrogen-bond donors (Lipinski definition) is 1. The summed E-state index contributed by atoms with van der Waals surface area (Å²) in [4.78, 5) is 0. The van der Waals surface area contributed by atoms with Crippen molar-refractivity contribution >= 4 is 0 Å². The topological polar surface area (TPSA) is 29.5 Å². The predicted molar refractivity (Wildman–Crippen MR) is 28.5 cm³/mol. The summed E-state index contributed by atoms with van der Waals surface area (Å²) in [6, 6.07) is 0. The van der Waals surface area contributed by atoms with E-state index in [9.17, 15) is 5.11 Å². The van der Waals surface area contributed by atoms with Crippen LogP contribution in [-0.2, 0) is 4.74 Å². The van der Waals surface area contributed by atoms with Gasteiger partial charge in [0.15, 0.2) is 0 Å². The van der Waals surface area contributed by atoms with Crippen molar-refractivity contribution in [1.82, 2.24) is 0 Å². The molecule has 1 N–H and O–H groups in total. The molecule has 0 aromatic heterocycles. The van der Waals surface area contributed by atoms with Crippen LogP contribution < -0.4 is 0 Å². The third kappa shape index (κ3) is 0.501. The minimum Gasteiger partial charge on any atom is -0.387 e. The van der Waals surface area contributed by atoms with Gasteiger partial charge in [0.2, 0.25) is 0 Å². The Morgan fingerprint density at radius 1 is 1.62 bits per heavy atom. The first-order valence-electron chi connectivity index (χ1n) is 3.15. The normalized spacial score (nSPS) is 52.9. The van der Waals surface area contributed by atoms with Gasteiger partial charge in [-0.1, -0.05) is 0 Å². The second kappa shape index (κ2) is 1.25. The van der Waals surface area contributed by atoms with Crippen molar-refractivity contribution in [3.8, 4) is 0 Å². The van der Waals surface area contributed by atoms with Crippen LogP contribution in [0.4, 0.5) is 0 Å². The maximum Gasteiger partial charge on any atom is 0.0935 e. The number of rotatable bonds is 0. The molecule has 46 valence electrons. The molecule has 2 heteroatoms. The van der Waals surface area contributed by atoms with Crippen molar-refractivity contribution in [3.05, 3.63) is 0 Å². The minimum atomic E-state index is -0.377. The molecular formula is C6H10O2. The molecule has 1 saturated carbocycles. The molecule has 0 radical (unpaired) electrons. The highest BCUT2D eigenvalue weighted by atomic mass is 16.5. The van der Waals surface area contributed by atoms with E-state index >= 15 is 0 Å². The fourth-order valence-corrected chi connectivity index (χ4v) is 1.34. The first kappa shape index (κ1) is 4.77. The minimum absolute atomic E-state index is 0.205. The molecule has 2 rings (SSSR count). The van der Waals surface area contributed by atoms with Crippen LogP contribution in [0.2, 0.25) is 0 Å². The van der Waals surface area contributed by atoms with Gasteiger partial charge in [0.05, 0.1) is 11.7 Å². The maximum atomic E-state index is 9.32. The fraction of sp³-hybridized carbons (Fsp3) is 1.00. The van der Waals surface area contributed by atoms with Crippen molar-refractivity contribution < 1.29 is 9.84 Å². The average Bonchev–Trinajstić information content (AvgIpc) is 2.39. The maximum absolute atomic E-state index is 9.32. The van der Waals surface area contributed by atoms with E-state index in [0.29, 0.717) is 0 Å². The van der Waals surface area contributed by atoms with E-state index in [1.54, 1.807) is 0 Å². The number of hydrogen-bond acceptors (Lipinski definition) is 2. The zero-order valence-electron chi connectivity index (χ0n) is 4.76. The molecule has 1 heterocycles. The Hall–Kier alpha value is -0.0800. The van der Waals surface area contributed by atoms with Gasteiger partial charge in [0.1, 0.15) is 0 Å². The second-order valence-corrected chi connectivity index (χ2v) is 2.77. The molecule has 0 aromatic carbocycles. The Kier molecular flexibility index (Phi) is 0.746. The highest BCUT2D eigenvalue weighted by Gasteiger charge is 2.55. The third-order valence-electron chi connectivity index (χ3n) is 2.05. The lowest BCUT2D eigenvalue weighted by Gasteiger charge is -2.15. The Bertz CT molecular complexity index is 111. The van der Waals surface area contributed by atoms with Crippen LogP contribution in [0.3, 0.4) is 0 Å². The predicted octanol–water partition coefficient (Wildman–Crippen LogP) is 0.300. The van der Waals surface area contributed by atoms with Gasteiger partial charge in [-0.3, -0.25) is 0 Å². The van der Waals surface area contributed by atoms with E-state index in [0.717, 1.165) is 25.9 Å². The van der Waals surface area contributed by atoms with Gasteiger partial charge >= 0.3 is 0 Å². The first-order valence-corrected chi connectivity index (χ1v) is 3.15. The molecule has 0 bridgehead atoms. The van der Waals surface area contributed by atoms with Crippen LogP contribution in [0.5, 0.6) is 0 Å². The van der Waals surface area contributed by atoms with Gasteiger partial charge in [-0.15, -0.1) is 0 Å². The lowest BCUT2D eigenvalue weighted by molar-refractivity contribution is -0.00857. The van der Waals surface area contributed by atoms with Crippen LogP contribution in [0.25, 0.3) is 0 Å². The molecule has 0 amide bonds. The lowest BCUT2D eigenvalue weighted by atomic mass is 10.1. The molecule has 1 aliphatic carbocycles. The molecule has 1 aliphatic heterocycles. The van der Waals surface area contributed by atoms with E-state index < -0.39 is 0 Å². The molecule has 2 aliphatic rings. The first-order chi connectivity index (χ1) is 3.81. The monoisotopic (exact) mass is 114 g/mol. The largest absolute Gasteiger partial charge is 0.387 e. The molecule has 0 aromatic rings. The van der Waals surface area contributed by atoms with Gasteiger partial charge in [0, 0.05) is 13.0 Å². The highest BCUT2D eigenvalue weighted by molar-refractivity contribution is 5.06. The zero-order valence-corrected chi connectivity index (χ0v) is 4.76. The highest BCUT2D eigenvalue weighted by Crippen LogP contribution is 2.45. The van der Waals surface area contributed by atoms with E-state index in [2.05, 4.69) is 0 Å². The molecule has 1 saturated heterocycles. The number of ether oxygens (including phenoxy) is 1. The second-order valence-electron chi connectivity index (χ2n) is 2.77. The summed E-state index contributed by atoms with van der Waals surface area (Å²) in [5.41, 5.74) is -0.377. The van der Waals surface area contributed by atoms with Crippen molar-refractivity contribution in [3.63, 3.8) is 0 Å². The van der Waals surface area contributed by atoms with Crippen molar-refractivity contribution in [1.29, 1.82) is 0 Å². The van der Waals surface area contributed by atoms with E-state index in [1.165, 1.54) is 0 Å². The quantitative estimate of drug-likeness (QED) is 0.490. The van der Waals surface area contributed by atoms with Crippen molar-refractivity contribution in [2.45, 2.75) is 31.0 Å². The number of aliphatic hydroxyl groups is 1. The summed E-state index contributed by atoms with van der Waals surface area (Å²) in [6.45, 7) is 0.854. The molecule has 0 spiro atoms. The smallest absolute Gasteiger partial charge is 0.0935 e. The summed E-state index contributed by atoms with van der Waals surface area (Å²) >= 11 is 0. The van der Waals surface area contributed by atoms with Crippen LogP contribution in [0, 0.1) is 0 Å². The number of fused-ring (bicyclic) bond motifs is 1. The SMILES string of the molecule is OC12CCCOC1C2. The Morgan fingerprint density at radius 2 is 2.50 bits per heavy atom. The Labute approximate surface area is 48.5 Å². The van der Waals surface area contributed by atoms with E-state index in [-0.39, 0.29) is 11.7 Å². The molecular weight excluding hydrogens is 104 g/mol. The summed E-state index contributed by atoms with van der Waals surface area (Å²) in [5.74, 6) is 0. The molecule has 2 fully saturated rings. The van der Waals surface area contributed by atoms with E-state index in [4.69, 9.17) is 4.74 Å². The molecule has 2 atom stereocenters. The average molecular weight is 114 g/mol. The molecule has 2 nitrogen and oxygen atoms in total. The zero-order chi connectivity index (χ0) is 5.61. The van der Waals surface area contributed by atoms with Gasteiger partial charge in [-0.2, -0.15) is 0 Å². The van der Waals surface area contributed by atoms with Crippen molar-refractivity contribution in [2.75, 3.05) is 6.61 Å². The Balaban J connectivity index is 2.04. The van der Waals surface area contributed by atoms with Crippen LogP contribution in [-0.4, -0.2) is 23.4 Å². The third-order valence-corrected chi connectivity index (χ3v) is 2.05. The lowest BCUT2D eigenvalue weighted by Crippen LogP contribution is -2.21. The van der Waals surface area contributed by atoms with Gasteiger partial charge in [0.25, 0.3) is 0 Å². The van der Waals surface area contributed by atoms with Crippen LogP contribution in [0.15, 0.2) is 0 Å². The van der Waals surface area contributed by atoms with Crippen LogP contribution in [0.1, 0.15) is 19.3 Å². The fourth-order valence-electron chi connectivity index (χ4n) is 1.34.